The molecule has 1 unspecified atom stereocenters. The van der Waals surface area contributed by atoms with Crippen molar-refractivity contribution in [1.82, 2.24) is 4.90 Å². The first-order valence-corrected chi connectivity index (χ1v) is 10.1. The molecule has 2 aromatic carbocycles. The first kappa shape index (κ1) is 20.3. The van der Waals surface area contributed by atoms with E-state index in [0.29, 0.717) is 41.5 Å². The van der Waals surface area contributed by atoms with Crippen molar-refractivity contribution in [3.05, 3.63) is 58.9 Å². The number of ether oxygens (including phenoxy) is 1. The van der Waals surface area contributed by atoms with Gasteiger partial charge in [-0.2, -0.15) is 0 Å². The number of amides is 1. The first-order valence-electron chi connectivity index (χ1n) is 10.1. The zero-order valence-corrected chi connectivity index (χ0v) is 17.5. The number of fused-ring (bicyclic) bond motifs is 1. The summed E-state index contributed by atoms with van der Waals surface area (Å²) in [6.07, 6.45) is 1.59. The fourth-order valence-electron chi connectivity index (χ4n) is 4.28. The van der Waals surface area contributed by atoms with Gasteiger partial charge in [-0.1, -0.05) is 0 Å². The number of benzene rings is 2. The third-order valence-corrected chi connectivity index (χ3v) is 6.08. The highest BCUT2D eigenvalue weighted by Crippen LogP contribution is 2.31. The third kappa shape index (κ3) is 3.65. The van der Waals surface area contributed by atoms with Crippen LogP contribution in [0, 0.1) is 5.82 Å². The van der Waals surface area contributed by atoms with E-state index in [1.54, 1.807) is 29.2 Å². The van der Waals surface area contributed by atoms with Gasteiger partial charge in [0.15, 0.2) is 0 Å². The van der Waals surface area contributed by atoms with E-state index in [9.17, 15) is 14.0 Å². The lowest BCUT2D eigenvalue weighted by atomic mass is 9.96. The summed E-state index contributed by atoms with van der Waals surface area (Å²) in [7, 11) is 5.42. The highest BCUT2D eigenvalue weighted by molar-refractivity contribution is 6.08. The predicted molar refractivity (Wildman–Crippen MR) is 114 cm³/mol. The van der Waals surface area contributed by atoms with Crippen molar-refractivity contribution in [3.63, 3.8) is 0 Å². The van der Waals surface area contributed by atoms with E-state index in [1.807, 2.05) is 20.2 Å². The van der Waals surface area contributed by atoms with Crippen molar-refractivity contribution in [3.8, 4) is 0 Å². The van der Waals surface area contributed by atoms with Crippen molar-refractivity contribution >= 4 is 23.3 Å². The van der Waals surface area contributed by atoms with Crippen LogP contribution in [0.2, 0.25) is 0 Å². The van der Waals surface area contributed by atoms with Crippen molar-refractivity contribution in [2.24, 2.45) is 0 Å². The highest BCUT2D eigenvalue weighted by atomic mass is 19.1. The van der Waals surface area contributed by atoms with Crippen molar-refractivity contribution < 1.29 is 18.7 Å². The Hall–Kier alpha value is -2.93. The second kappa shape index (κ2) is 8.07. The smallest absolute Gasteiger partial charge is 0.337 e. The van der Waals surface area contributed by atoms with Crippen LogP contribution in [-0.2, 0) is 11.2 Å². The molecule has 2 heterocycles. The van der Waals surface area contributed by atoms with Crippen LogP contribution < -0.4 is 9.80 Å². The zero-order valence-electron chi connectivity index (χ0n) is 17.5. The van der Waals surface area contributed by atoms with Crippen LogP contribution in [0.15, 0.2) is 36.4 Å². The van der Waals surface area contributed by atoms with Gasteiger partial charge in [-0.15, -0.1) is 0 Å². The number of esters is 1. The Labute approximate surface area is 175 Å². The van der Waals surface area contributed by atoms with Gasteiger partial charge in [0.25, 0.3) is 5.91 Å². The van der Waals surface area contributed by atoms with Gasteiger partial charge in [-0.3, -0.25) is 4.79 Å². The summed E-state index contributed by atoms with van der Waals surface area (Å²) in [6, 6.07) is 10.4. The molecule has 2 aromatic rings. The van der Waals surface area contributed by atoms with E-state index in [2.05, 4.69) is 9.80 Å². The molecule has 0 bridgehead atoms. The van der Waals surface area contributed by atoms with E-state index in [0.717, 1.165) is 25.1 Å². The average Bonchev–Trinajstić information content (AvgIpc) is 3.23. The highest BCUT2D eigenvalue weighted by Gasteiger charge is 2.29. The Bertz CT molecular complexity index is 992. The molecule has 4 rings (SSSR count). The molecule has 1 amide bonds. The monoisotopic (exact) mass is 411 g/mol. The maximum Gasteiger partial charge on any atom is 0.337 e. The van der Waals surface area contributed by atoms with Crippen LogP contribution in [0.3, 0.4) is 0 Å². The number of methoxy groups -OCH3 is 1. The number of hydrogen-bond acceptors (Lipinski definition) is 5. The number of likely N-dealkylation sites (N-methyl/N-ethyl adjacent to an activating group) is 1. The number of hydrogen-bond donors (Lipinski definition) is 0. The molecular weight excluding hydrogens is 385 g/mol. The molecule has 0 aromatic heterocycles. The number of anilines is 2. The van der Waals surface area contributed by atoms with E-state index >= 15 is 0 Å². The molecule has 7 heteroatoms. The lowest BCUT2D eigenvalue weighted by Crippen LogP contribution is -2.38. The maximum absolute atomic E-state index is 14.9. The summed E-state index contributed by atoms with van der Waals surface area (Å²) in [4.78, 5) is 30.6. The average molecular weight is 411 g/mol. The van der Waals surface area contributed by atoms with Crippen molar-refractivity contribution in [2.75, 3.05) is 50.6 Å². The molecule has 1 saturated heterocycles. The number of carbonyl (C=O) groups is 2. The number of nitrogens with zero attached hydrogens (tertiary/aromatic N) is 3. The van der Waals surface area contributed by atoms with Gasteiger partial charge in [-0.25, -0.2) is 9.18 Å². The summed E-state index contributed by atoms with van der Waals surface area (Å²) in [6.45, 7) is 2.04. The van der Waals surface area contributed by atoms with Crippen LogP contribution >= 0.6 is 0 Å². The lowest BCUT2D eigenvalue weighted by Gasteiger charge is -2.29. The minimum atomic E-state index is -0.427. The fourth-order valence-corrected chi connectivity index (χ4v) is 4.28. The van der Waals surface area contributed by atoms with E-state index < -0.39 is 5.97 Å². The van der Waals surface area contributed by atoms with E-state index in [4.69, 9.17) is 4.74 Å². The number of carbonyl (C=O) groups excluding carboxylic acids is 2. The second-order valence-corrected chi connectivity index (χ2v) is 8.06. The molecule has 1 fully saturated rings. The minimum absolute atomic E-state index is 0.186. The van der Waals surface area contributed by atoms with Gasteiger partial charge in [0, 0.05) is 36.9 Å². The molecule has 0 N–H and O–H groups in total. The van der Waals surface area contributed by atoms with Gasteiger partial charge < -0.3 is 19.4 Å². The molecule has 1 atom stereocenters. The summed E-state index contributed by atoms with van der Waals surface area (Å²) in [5.74, 6) is -0.927. The quantitative estimate of drug-likeness (QED) is 0.724. The third-order valence-electron chi connectivity index (χ3n) is 6.08. The fraction of sp³-hybridized carbons (Fsp3) is 0.391. The zero-order chi connectivity index (χ0) is 21.4. The summed E-state index contributed by atoms with van der Waals surface area (Å²) in [5, 5.41) is 0. The van der Waals surface area contributed by atoms with E-state index in [-0.39, 0.29) is 11.7 Å². The molecule has 0 spiro atoms. The Balaban J connectivity index is 1.55. The minimum Gasteiger partial charge on any atom is -0.465 e. The van der Waals surface area contributed by atoms with Crippen LogP contribution in [0.25, 0.3) is 0 Å². The molecule has 30 heavy (non-hydrogen) atoms. The standard InChI is InChI=1S/C23H26FN3O3/c1-25(2)18-9-10-26(14-18)21-7-5-17(13-20(21)24)27-11-8-15-12-16(23(29)30-3)4-6-19(15)22(27)28/h4-7,12-13,18H,8-11,14H2,1-3H3. The Morgan fingerprint density at radius 2 is 1.97 bits per heavy atom. The summed E-state index contributed by atoms with van der Waals surface area (Å²) >= 11 is 0. The first-order chi connectivity index (χ1) is 14.4. The molecular formula is C23H26FN3O3. The lowest BCUT2D eigenvalue weighted by molar-refractivity contribution is 0.0600. The molecule has 0 aliphatic carbocycles. The van der Waals surface area contributed by atoms with Gasteiger partial charge in [0.2, 0.25) is 0 Å². The Morgan fingerprint density at radius 3 is 2.63 bits per heavy atom. The van der Waals surface area contributed by atoms with Crippen molar-refractivity contribution in [1.29, 1.82) is 0 Å². The molecule has 0 radical (unpaired) electrons. The number of halogens is 1. The Morgan fingerprint density at radius 1 is 1.17 bits per heavy atom. The van der Waals surface area contributed by atoms with Gasteiger partial charge in [0.05, 0.1) is 18.4 Å². The Kier molecular flexibility index (Phi) is 5.47. The SMILES string of the molecule is COC(=O)c1ccc2c(c1)CCN(c1ccc(N3CCC(N(C)C)C3)c(F)c1)C2=O. The van der Waals surface area contributed by atoms with Gasteiger partial charge >= 0.3 is 5.97 Å². The van der Waals surface area contributed by atoms with Crippen LogP contribution in [0.4, 0.5) is 15.8 Å². The van der Waals surface area contributed by atoms with Gasteiger partial charge in [-0.05, 0) is 68.9 Å². The van der Waals surface area contributed by atoms with Crippen LogP contribution in [-0.4, -0.2) is 63.7 Å². The van der Waals surface area contributed by atoms with Crippen molar-refractivity contribution in [2.45, 2.75) is 18.9 Å². The number of rotatable bonds is 4. The normalized spacial score (nSPS) is 18.7. The van der Waals surface area contributed by atoms with Crippen LogP contribution in [0.1, 0.15) is 32.7 Å². The molecule has 2 aliphatic heterocycles. The largest absolute Gasteiger partial charge is 0.465 e. The van der Waals surface area contributed by atoms with Crippen LogP contribution in [0.5, 0.6) is 0 Å². The van der Waals surface area contributed by atoms with E-state index in [1.165, 1.54) is 13.2 Å². The molecule has 0 saturated carbocycles. The summed E-state index contributed by atoms with van der Waals surface area (Å²) in [5.41, 5.74) is 2.90. The molecule has 6 nitrogen and oxygen atoms in total. The van der Waals surface area contributed by atoms with Gasteiger partial charge in [0.1, 0.15) is 5.82 Å². The molecule has 2 aliphatic rings. The molecule has 158 valence electrons. The predicted octanol–water partition coefficient (Wildman–Crippen LogP) is 2.96. The maximum atomic E-state index is 14.9. The second-order valence-electron chi connectivity index (χ2n) is 8.06. The summed E-state index contributed by atoms with van der Waals surface area (Å²) < 4.78 is 19.7. The topological polar surface area (TPSA) is 53.1 Å².